The summed E-state index contributed by atoms with van der Waals surface area (Å²) in [5, 5.41) is 0. The number of rotatable bonds is 0. The van der Waals surface area contributed by atoms with E-state index in [-0.39, 0.29) is 37.5 Å². The Balaban J connectivity index is -0.0000000133. The van der Waals surface area contributed by atoms with Gasteiger partial charge in [-0.1, -0.05) is 0 Å². The molecule has 0 aliphatic carbocycles. The third-order valence-corrected chi connectivity index (χ3v) is 0. The van der Waals surface area contributed by atoms with E-state index in [2.05, 4.69) is 0 Å². The minimum absolute atomic E-state index is 0. The van der Waals surface area contributed by atoms with Crippen LogP contribution in [-0.2, 0) is 61.0 Å². The molecule has 0 atom stereocenters. The van der Waals surface area contributed by atoms with Gasteiger partial charge in [-0.15, -0.1) is 0 Å². The molecular formula is H2Mo2O7. The monoisotopic (exact) mass is 310 g/mol. The van der Waals surface area contributed by atoms with Crippen LogP contribution in [0, 0.1) is 0 Å². The summed E-state index contributed by atoms with van der Waals surface area (Å²) in [7, 11) is 0. The van der Waals surface area contributed by atoms with Crippen molar-refractivity contribution in [1.82, 2.24) is 0 Å². The molecule has 0 saturated carbocycles. The summed E-state index contributed by atoms with van der Waals surface area (Å²) in [4.78, 5) is 0. The molecule has 0 spiro atoms. The molecule has 0 fully saturated rings. The fraction of sp³-hybridized carbons (Fsp3) is 0. The van der Waals surface area contributed by atoms with Crippen LogP contribution in [0.3, 0.4) is 0 Å². The summed E-state index contributed by atoms with van der Waals surface area (Å²) in [5.74, 6) is 0. The van der Waals surface area contributed by atoms with Gasteiger partial charge in [-0.3, -0.25) is 0 Å². The zero-order valence-electron chi connectivity index (χ0n) is 3.75. The first-order valence-corrected chi connectivity index (χ1v) is 4.13. The molecule has 0 aliphatic heterocycles. The van der Waals surface area contributed by atoms with Gasteiger partial charge in [0.25, 0.3) is 0 Å². The van der Waals surface area contributed by atoms with E-state index in [1.54, 1.807) is 0 Å². The van der Waals surface area contributed by atoms with Crippen molar-refractivity contribution in [3.63, 3.8) is 0 Å². The van der Waals surface area contributed by atoms with Crippen molar-refractivity contribution >= 4 is 0 Å². The molecule has 0 radical (unpaired) electrons. The van der Waals surface area contributed by atoms with Gasteiger partial charge in [0.15, 0.2) is 0 Å². The summed E-state index contributed by atoms with van der Waals surface area (Å²) < 4.78 is 32.0. The van der Waals surface area contributed by atoms with E-state index >= 15 is 0 Å². The number of hydrogen-bond donors (Lipinski definition) is 2. The van der Waals surface area contributed by atoms with Gasteiger partial charge >= 0.3 is 52.1 Å². The van der Waals surface area contributed by atoms with Gasteiger partial charge in [-0.05, 0) is 0 Å². The Morgan fingerprint density at radius 1 is 0.889 bits per heavy atom. The fourth-order valence-corrected chi connectivity index (χ4v) is 0. The van der Waals surface area contributed by atoms with E-state index in [9.17, 15) is 0 Å². The van der Waals surface area contributed by atoms with Crippen LogP contribution in [0.5, 0.6) is 0 Å². The standard InChI is InChI=1S/2Mo.2H2O.5O/h;;2*1H2;;;;;/q+2;+6;;;;;3*-2/p-2. The van der Waals surface area contributed by atoms with Gasteiger partial charge in [-0.25, -0.2) is 0 Å². The van der Waals surface area contributed by atoms with Crippen LogP contribution in [0.2, 0.25) is 0 Å². The fourth-order valence-electron chi connectivity index (χ4n) is 0. The molecule has 0 aromatic carbocycles. The van der Waals surface area contributed by atoms with E-state index in [0.29, 0.717) is 0 Å². The van der Waals surface area contributed by atoms with Crippen LogP contribution in [-0.4, -0.2) is 7.52 Å². The van der Waals surface area contributed by atoms with E-state index in [0.717, 1.165) is 0 Å². The van der Waals surface area contributed by atoms with Crippen molar-refractivity contribution in [2.45, 2.75) is 0 Å². The Hall–Kier alpha value is 0.777. The molecule has 9 heteroatoms. The molecule has 0 saturated heterocycles. The van der Waals surface area contributed by atoms with Gasteiger partial charge in [0.2, 0.25) is 0 Å². The minimum atomic E-state index is -5.52. The van der Waals surface area contributed by atoms with Gasteiger partial charge in [-0.2, -0.15) is 0 Å². The van der Waals surface area contributed by atoms with Crippen LogP contribution in [0.15, 0.2) is 0 Å². The van der Waals surface area contributed by atoms with E-state index < -0.39 is 16.7 Å². The molecule has 0 bridgehead atoms. The van der Waals surface area contributed by atoms with Gasteiger partial charge < -0.3 is 16.4 Å². The summed E-state index contributed by atoms with van der Waals surface area (Å²) in [6, 6.07) is 0. The second-order valence-electron chi connectivity index (χ2n) is 0.448. The zero-order chi connectivity index (χ0) is 4.50. The van der Waals surface area contributed by atoms with Gasteiger partial charge in [0.1, 0.15) is 0 Å². The van der Waals surface area contributed by atoms with Crippen LogP contribution in [0.4, 0.5) is 0 Å². The first kappa shape index (κ1) is 33.0. The Kier molecular flexibility index (Phi) is 42.4. The first-order chi connectivity index (χ1) is 2.00. The molecule has 7 nitrogen and oxygen atoms in total. The second-order valence-corrected chi connectivity index (χ2v) is 2.65. The molecular weight excluding hydrogens is 304 g/mol. The topological polar surface area (TPSA) is 160 Å². The molecule has 0 aromatic heterocycles. The predicted molar refractivity (Wildman–Crippen MR) is 7.87 cm³/mol. The quantitative estimate of drug-likeness (QED) is 0.510. The molecule has 0 unspecified atom stereocenters. The molecule has 0 aliphatic rings. The Morgan fingerprint density at radius 3 is 0.889 bits per heavy atom. The van der Waals surface area contributed by atoms with Crippen LogP contribution >= 0.6 is 0 Å². The van der Waals surface area contributed by atoms with E-state index in [1.165, 1.54) is 0 Å². The van der Waals surface area contributed by atoms with E-state index in [4.69, 9.17) is 14.3 Å². The molecule has 0 heterocycles. The Bertz CT molecular complexity index is 90.1. The van der Waals surface area contributed by atoms with Crippen molar-refractivity contribution in [3.8, 4) is 0 Å². The Labute approximate surface area is 68.6 Å². The predicted octanol–water partition coefficient (Wildman–Crippen LogP) is -1.71. The van der Waals surface area contributed by atoms with Gasteiger partial charge in [0.05, 0.1) is 0 Å². The summed E-state index contributed by atoms with van der Waals surface area (Å²) in [6.07, 6.45) is 0. The van der Waals surface area contributed by atoms with Crippen molar-refractivity contribution in [3.05, 3.63) is 0 Å². The summed E-state index contributed by atoms with van der Waals surface area (Å²) >= 11 is -5.52. The first-order valence-electron chi connectivity index (χ1n) is 0.698. The summed E-state index contributed by atoms with van der Waals surface area (Å²) in [5.41, 5.74) is 0. The molecule has 0 amide bonds. The maximum atomic E-state index is 8.85. The van der Waals surface area contributed by atoms with E-state index in [1.807, 2.05) is 0 Å². The normalized spacial score (nSPS) is 6.44. The average Bonchev–Trinajstić information content (AvgIpc) is 0.722. The van der Waals surface area contributed by atoms with Gasteiger partial charge in [0, 0.05) is 0 Å². The van der Waals surface area contributed by atoms with Crippen molar-refractivity contribution in [2.75, 3.05) is 0 Å². The molecule has 0 rings (SSSR count). The molecule has 2 N–H and O–H groups in total. The van der Waals surface area contributed by atoms with Crippen molar-refractivity contribution in [2.24, 2.45) is 0 Å². The molecule has 9 heavy (non-hydrogen) atoms. The molecule has 56 valence electrons. The second kappa shape index (κ2) is 11.6. The zero-order valence-corrected chi connectivity index (χ0v) is 7.77. The van der Waals surface area contributed by atoms with Crippen molar-refractivity contribution in [1.29, 1.82) is 0 Å². The number of hydrogen-bond acceptors (Lipinski definition) is 2. The van der Waals surface area contributed by atoms with Crippen LogP contribution < -0.4 is 0 Å². The van der Waals surface area contributed by atoms with Crippen LogP contribution in [0.25, 0.3) is 0 Å². The molecule has 0 aromatic rings. The third-order valence-electron chi connectivity index (χ3n) is 0. The third kappa shape index (κ3) is 668. The SMILES string of the molecule is [Mo+6].[O-2].[O-2].[O-2].[O]=[Mo](=[O])([OH])[OH]. The Morgan fingerprint density at radius 2 is 0.889 bits per heavy atom. The van der Waals surface area contributed by atoms with Crippen molar-refractivity contribution < 1.29 is 68.6 Å². The maximum absolute atomic E-state index is 8.85. The van der Waals surface area contributed by atoms with Crippen LogP contribution in [0.1, 0.15) is 0 Å². The average molecular weight is 306 g/mol. The summed E-state index contributed by atoms with van der Waals surface area (Å²) in [6.45, 7) is 0.